The van der Waals surface area contributed by atoms with Crippen molar-refractivity contribution in [2.75, 3.05) is 12.3 Å². The minimum atomic E-state index is 0. The molecule has 0 aromatic heterocycles. The molecular weight excluding hydrogens is 248 g/mol. The molecule has 0 saturated heterocycles. The summed E-state index contributed by atoms with van der Waals surface area (Å²) in [7, 11) is 0. The Bertz CT molecular complexity index is 399. The lowest BCUT2D eigenvalue weighted by Crippen LogP contribution is -2.36. The number of rotatable bonds is 4. The van der Waals surface area contributed by atoms with Gasteiger partial charge in [-0.25, -0.2) is 0 Å². The predicted molar refractivity (Wildman–Crippen MR) is 77.0 cm³/mol. The molecule has 4 heteroatoms. The Kier molecular flexibility index (Phi) is 5.03. The lowest BCUT2D eigenvalue weighted by molar-refractivity contribution is 0.0722. The summed E-state index contributed by atoms with van der Waals surface area (Å²) in [5.41, 5.74) is 7.07. The minimum absolute atomic E-state index is 0. The summed E-state index contributed by atoms with van der Waals surface area (Å²) in [6.45, 7) is 5.13. The second-order valence-electron chi connectivity index (χ2n) is 5.20. The molecule has 1 aromatic rings. The Morgan fingerprint density at radius 1 is 1.33 bits per heavy atom. The summed E-state index contributed by atoms with van der Waals surface area (Å²) in [5, 5.41) is 0. The van der Waals surface area contributed by atoms with Gasteiger partial charge in [-0.05, 0) is 43.0 Å². The number of nitrogens with two attached hydrogens (primary N) is 1. The van der Waals surface area contributed by atoms with Crippen molar-refractivity contribution in [3.05, 3.63) is 29.8 Å². The highest BCUT2D eigenvalue weighted by Crippen LogP contribution is 2.29. The van der Waals surface area contributed by atoms with Gasteiger partial charge in [-0.15, -0.1) is 12.4 Å². The minimum Gasteiger partial charge on any atom is -0.399 e. The molecule has 1 aromatic carbocycles. The standard InChI is InChI=1S/C14H20N2O.ClH/c1-10(2)9-16(13-7-8-13)14(17)11-3-5-12(15)6-4-11;/h3-6,10,13H,7-9,15H2,1-2H3;1H. The van der Waals surface area contributed by atoms with Gasteiger partial charge in [0.15, 0.2) is 0 Å². The fourth-order valence-electron chi connectivity index (χ4n) is 1.97. The molecule has 1 aliphatic carbocycles. The number of anilines is 1. The van der Waals surface area contributed by atoms with Gasteiger partial charge in [-0.3, -0.25) is 4.79 Å². The van der Waals surface area contributed by atoms with Crippen LogP contribution in [0, 0.1) is 5.92 Å². The topological polar surface area (TPSA) is 46.3 Å². The number of carbonyl (C=O) groups is 1. The van der Waals surface area contributed by atoms with Gasteiger partial charge in [0.25, 0.3) is 5.91 Å². The largest absolute Gasteiger partial charge is 0.399 e. The van der Waals surface area contributed by atoms with Crippen LogP contribution in [-0.2, 0) is 0 Å². The molecule has 1 saturated carbocycles. The molecular formula is C14H21ClN2O. The number of nitrogen functional groups attached to an aromatic ring is 1. The Hall–Kier alpha value is -1.22. The summed E-state index contributed by atoms with van der Waals surface area (Å²) < 4.78 is 0. The van der Waals surface area contributed by atoms with E-state index in [0.29, 0.717) is 17.6 Å². The van der Waals surface area contributed by atoms with Gasteiger partial charge in [0.05, 0.1) is 0 Å². The van der Waals surface area contributed by atoms with Crippen LogP contribution >= 0.6 is 12.4 Å². The lowest BCUT2D eigenvalue weighted by atomic mass is 10.1. The number of hydrogen-bond donors (Lipinski definition) is 1. The normalized spacial score (nSPS) is 14.2. The van der Waals surface area contributed by atoms with Crippen molar-refractivity contribution in [1.29, 1.82) is 0 Å². The maximum Gasteiger partial charge on any atom is 0.254 e. The highest BCUT2D eigenvalue weighted by Gasteiger charge is 2.33. The molecule has 2 N–H and O–H groups in total. The molecule has 3 nitrogen and oxygen atoms in total. The highest BCUT2D eigenvalue weighted by atomic mass is 35.5. The molecule has 1 amide bonds. The second-order valence-corrected chi connectivity index (χ2v) is 5.20. The molecule has 1 fully saturated rings. The Morgan fingerprint density at radius 3 is 2.33 bits per heavy atom. The van der Waals surface area contributed by atoms with E-state index in [4.69, 9.17) is 5.73 Å². The Balaban J connectivity index is 0.00000162. The lowest BCUT2D eigenvalue weighted by Gasteiger charge is -2.24. The third-order valence-electron chi connectivity index (χ3n) is 2.97. The van der Waals surface area contributed by atoms with E-state index in [2.05, 4.69) is 13.8 Å². The van der Waals surface area contributed by atoms with E-state index >= 15 is 0 Å². The van der Waals surface area contributed by atoms with Gasteiger partial charge in [0.1, 0.15) is 0 Å². The number of hydrogen-bond acceptors (Lipinski definition) is 2. The molecule has 100 valence electrons. The van der Waals surface area contributed by atoms with Gasteiger partial charge in [-0.2, -0.15) is 0 Å². The highest BCUT2D eigenvalue weighted by molar-refractivity contribution is 5.94. The van der Waals surface area contributed by atoms with Gasteiger partial charge in [0.2, 0.25) is 0 Å². The van der Waals surface area contributed by atoms with Crippen molar-refractivity contribution in [3.8, 4) is 0 Å². The van der Waals surface area contributed by atoms with Crippen molar-refractivity contribution >= 4 is 24.0 Å². The van der Waals surface area contributed by atoms with Gasteiger partial charge in [-0.1, -0.05) is 13.8 Å². The van der Waals surface area contributed by atoms with Crippen LogP contribution in [0.4, 0.5) is 5.69 Å². The van der Waals surface area contributed by atoms with Crippen LogP contribution in [0.25, 0.3) is 0 Å². The van der Waals surface area contributed by atoms with Crippen LogP contribution in [0.1, 0.15) is 37.0 Å². The Morgan fingerprint density at radius 2 is 1.89 bits per heavy atom. The zero-order valence-electron chi connectivity index (χ0n) is 10.9. The van der Waals surface area contributed by atoms with E-state index in [0.717, 1.165) is 24.9 Å². The van der Waals surface area contributed by atoms with Crippen LogP contribution in [0.2, 0.25) is 0 Å². The number of carbonyl (C=O) groups excluding carboxylic acids is 1. The molecule has 2 rings (SSSR count). The summed E-state index contributed by atoms with van der Waals surface area (Å²) >= 11 is 0. The number of nitrogens with zero attached hydrogens (tertiary/aromatic N) is 1. The maximum atomic E-state index is 12.4. The molecule has 18 heavy (non-hydrogen) atoms. The first kappa shape index (κ1) is 14.8. The predicted octanol–water partition coefficient (Wildman–Crippen LogP) is 2.95. The van der Waals surface area contributed by atoms with Gasteiger partial charge in [0, 0.05) is 23.8 Å². The molecule has 0 atom stereocenters. The van der Waals surface area contributed by atoms with E-state index in [1.807, 2.05) is 17.0 Å². The third kappa shape index (κ3) is 3.64. The van der Waals surface area contributed by atoms with Crippen molar-refractivity contribution in [1.82, 2.24) is 4.90 Å². The van der Waals surface area contributed by atoms with Gasteiger partial charge >= 0.3 is 0 Å². The molecule has 0 spiro atoms. The maximum absolute atomic E-state index is 12.4. The van der Waals surface area contributed by atoms with Crippen LogP contribution in [0.3, 0.4) is 0 Å². The fourth-order valence-corrected chi connectivity index (χ4v) is 1.97. The average Bonchev–Trinajstić information content (AvgIpc) is 3.09. The van der Waals surface area contributed by atoms with Crippen LogP contribution in [0.5, 0.6) is 0 Å². The van der Waals surface area contributed by atoms with Crippen molar-refractivity contribution in [2.45, 2.75) is 32.7 Å². The summed E-state index contributed by atoms with van der Waals surface area (Å²) in [6, 6.07) is 7.66. The zero-order valence-corrected chi connectivity index (χ0v) is 11.7. The van der Waals surface area contributed by atoms with Crippen LogP contribution in [-0.4, -0.2) is 23.4 Å². The molecule has 1 aliphatic rings. The van der Waals surface area contributed by atoms with Crippen molar-refractivity contribution in [3.63, 3.8) is 0 Å². The molecule has 0 heterocycles. The molecule has 0 radical (unpaired) electrons. The molecule has 0 aliphatic heterocycles. The third-order valence-corrected chi connectivity index (χ3v) is 2.97. The quantitative estimate of drug-likeness (QED) is 0.854. The van der Waals surface area contributed by atoms with Crippen molar-refractivity contribution < 1.29 is 4.79 Å². The van der Waals surface area contributed by atoms with E-state index in [1.54, 1.807) is 12.1 Å². The summed E-state index contributed by atoms with van der Waals surface area (Å²) in [5.74, 6) is 0.648. The monoisotopic (exact) mass is 268 g/mol. The van der Waals surface area contributed by atoms with Crippen LogP contribution < -0.4 is 5.73 Å². The van der Waals surface area contributed by atoms with Gasteiger partial charge < -0.3 is 10.6 Å². The van der Waals surface area contributed by atoms with E-state index < -0.39 is 0 Å². The first-order chi connectivity index (χ1) is 8.08. The average molecular weight is 269 g/mol. The van der Waals surface area contributed by atoms with E-state index in [1.165, 1.54) is 0 Å². The molecule has 0 bridgehead atoms. The fraction of sp³-hybridized carbons (Fsp3) is 0.500. The second kappa shape index (κ2) is 6.10. The smallest absolute Gasteiger partial charge is 0.254 e. The van der Waals surface area contributed by atoms with Crippen LogP contribution in [0.15, 0.2) is 24.3 Å². The summed E-state index contributed by atoms with van der Waals surface area (Å²) in [4.78, 5) is 14.4. The molecule has 0 unspecified atom stereocenters. The van der Waals surface area contributed by atoms with Crippen molar-refractivity contribution in [2.24, 2.45) is 5.92 Å². The van der Waals surface area contributed by atoms with E-state index in [9.17, 15) is 4.79 Å². The first-order valence-electron chi connectivity index (χ1n) is 6.24. The Labute approximate surface area is 115 Å². The first-order valence-corrected chi connectivity index (χ1v) is 6.24. The number of amides is 1. The SMILES string of the molecule is CC(C)CN(C(=O)c1ccc(N)cc1)C1CC1.Cl. The number of halogens is 1. The number of benzene rings is 1. The zero-order chi connectivity index (χ0) is 12.4. The summed E-state index contributed by atoms with van der Waals surface area (Å²) in [6.07, 6.45) is 2.29. The van der Waals surface area contributed by atoms with E-state index in [-0.39, 0.29) is 18.3 Å².